The Hall–Kier alpha value is -2.82. The van der Waals surface area contributed by atoms with Gasteiger partial charge in [0.15, 0.2) is 0 Å². The van der Waals surface area contributed by atoms with Crippen LogP contribution in [0.1, 0.15) is 33.6 Å². The van der Waals surface area contributed by atoms with Gasteiger partial charge in [0.2, 0.25) is 5.91 Å². The molecular formula is C22H34ClN5O6. The maximum absolute atomic E-state index is 12.7. The summed E-state index contributed by atoms with van der Waals surface area (Å²) >= 11 is 5.84. The van der Waals surface area contributed by atoms with Crippen LogP contribution >= 0.6 is 11.6 Å². The molecule has 11 nitrogen and oxygen atoms in total. The number of esters is 1. The Morgan fingerprint density at radius 2 is 1.91 bits per heavy atom. The van der Waals surface area contributed by atoms with Gasteiger partial charge < -0.3 is 24.6 Å². The van der Waals surface area contributed by atoms with Crippen molar-refractivity contribution in [1.82, 2.24) is 20.0 Å². The fourth-order valence-electron chi connectivity index (χ4n) is 3.71. The van der Waals surface area contributed by atoms with Crippen molar-refractivity contribution in [1.29, 1.82) is 0 Å². The van der Waals surface area contributed by atoms with Gasteiger partial charge in [0.1, 0.15) is 23.3 Å². The van der Waals surface area contributed by atoms with Gasteiger partial charge in [-0.2, -0.15) is 5.10 Å². The van der Waals surface area contributed by atoms with Crippen LogP contribution in [0, 0.1) is 5.92 Å². The Morgan fingerprint density at radius 1 is 1.26 bits per heavy atom. The lowest BCUT2D eigenvalue weighted by molar-refractivity contribution is -0.152. The van der Waals surface area contributed by atoms with E-state index in [2.05, 4.69) is 15.3 Å². The summed E-state index contributed by atoms with van der Waals surface area (Å²) in [6.45, 7) is 6.66. The zero-order valence-corrected chi connectivity index (χ0v) is 21.1. The second kappa shape index (κ2) is 12.0. The zero-order chi connectivity index (χ0) is 25.5. The van der Waals surface area contributed by atoms with E-state index in [1.54, 1.807) is 33.9 Å². The number of amides is 2. The number of aryl methyl sites for hydroxylation is 1. The van der Waals surface area contributed by atoms with Gasteiger partial charge in [-0.15, -0.1) is 11.6 Å². The first kappa shape index (κ1) is 27.4. The van der Waals surface area contributed by atoms with E-state index in [0.717, 1.165) is 12.8 Å². The fraction of sp³-hybridized carbons (Fsp3) is 0.682. The lowest BCUT2D eigenvalue weighted by Gasteiger charge is -2.37. The second-order valence-corrected chi connectivity index (χ2v) is 9.45. The molecule has 0 spiro atoms. The SMILES string of the molecule is COC(=O)C(CNC(=O)OC(C)(C)C)N(CC1CCN(c2ccc(=O)n(C)n2)CC1)C(=O)CCl. The van der Waals surface area contributed by atoms with E-state index in [9.17, 15) is 19.2 Å². The highest BCUT2D eigenvalue weighted by Gasteiger charge is 2.34. The van der Waals surface area contributed by atoms with Crippen LogP contribution in [0.4, 0.5) is 10.6 Å². The van der Waals surface area contributed by atoms with Crippen LogP contribution in [0.15, 0.2) is 16.9 Å². The number of halogens is 1. The zero-order valence-electron chi connectivity index (χ0n) is 20.4. The summed E-state index contributed by atoms with van der Waals surface area (Å²) in [5.41, 5.74) is -0.882. The van der Waals surface area contributed by atoms with E-state index in [4.69, 9.17) is 21.1 Å². The number of rotatable bonds is 8. The van der Waals surface area contributed by atoms with Crippen molar-refractivity contribution < 1.29 is 23.9 Å². The number of anilines is 1. The third-order valence-corrected chi connectivity index (χ3v) is 5.69. The van der Waals surface area contributed by atoms with Crippen LogP contribution in [0.3, 0.4) is 0 Å². The molecule has 0 bridgehead atoms. The number of hydrogen-bond donors (Lipinski definition) is 1. The molecule has 0 aliphatic carbocycles. The number of nitrogens with zero attached hydrogens (tertiary/aromatic N) is 4. The average molecular weight is 500 g/mol. The van der Waals surface area contributed by atoms with Crippen LogP contribution in [0.2, 0.25) is 0 Å². The number of ether oxygens (including phenoxy) is 2. The highest BCUT2D eigenvalue weighted by molar-refractivity contribution is 6.27. The lowest BCUT2D eigenvalue weighted by atomic mass is 9.95. The van der Waals surface area contributed by atoms with Crippen LogP contribution < -0.4 is 15.8 Å². The van der Waals surface area contributed by atoms with Gasteiger partial charge in [0, 0.05) is 32.7 Å². The first-order chi connectivity index (χ1) is 15.9. The standard InChI is InChI=1S/C22H34ClN5O6/c1-22(2,3)34-21(32)24-13-16(20(31)33-5)28(19(30)12-23)14-15-8-10-27(11-9-15)17-6-7-18(29)26(4)25-17/h6-7,15-16H,8-14H2,1-5H3,(H,24,32). The number of alkyl carbamates (subject to hydrolysis) is 1. The molecule has 1 saturated heterocycles. The largest absolute Gasteiger partial charge is 0.467 e. The third kappa shape index (κ3) is 7.89. The topological polar surface area (TPSA) is 123 Å². The molecule has 1 N–H and O–H groups in total. The van der Waals surface area contributed by atoms with Gasteiger partial charge in [-0.25, -0.2) is 14.3 Å². The molecule has 1 fully saturated rings. The van der Waals surface area contributed by atoms with E-state index in [0.29, 0.717) is 18.9 Å². The summed E-state index contributed by atoms with van der Waals surface area (Å²) in [6, 6.07) is 2.14. The van der Waals surface area contributed by atoms with E-state index >= 15 is 0 Å². The Labute approximate surface area is 204 Å². The Balaban J connectivity index is 2.07. The number of nitrogens with one attached hydrogen (secondary N) is 1. The molecule has 1 aromatic rings. The van der Waals surface area contributed by atoms with Crippen LogP contribution in [-0.4, -0.2) is 83.5 Å². The van der Waals surface area contributed by atoms with Crippen molar-refractivity contribution in [3.05, 3.63) is 22.5 Å². The van der Waals surface area contributed by atoms with Gasteiger partial charge in [-0.3, -0.25) is 9.59 Å². The highest BCUT2D eigenvalue weighted by Crippen LogP contribution is 2.23. The molecule has 1 unspecified atom stereocenters. The van der Waals surface area contributed by atoms with Crippen molar-refractivity contribution in [3.63, 3.8) is 0 Å². The maximum Gasteiger partial charge on any atom is 0.407 e. The summed E-state index contributed by atoms with van der Waals surface area (Å²) in [5, 5.41) is 6.83. The lowest BCUT2D eigenvalue weighted by Crippen LogP contribution is -2.54. The molecule has 0 saturated carbocycles. The summed E-state index contributed by atoms with van der Waals surface area (Å²) in [5.74, 6) is -0.569. The van der Waals surface area contributed by atoms with Crippen molar-refractivity contribution in [2.75, 3.05) is 44.1 Å². The van der Waals surface area contributed by atoms with Gasteiger partial charge >= 0.3 is 12.1 Å². The number of carbonyl (C=O) groups excluding carboxylic acids is 3. The fourth-order valence-corrected chi connectivity index (χ4v) is 3.87. The van der Waals surface area contributed by atoms with Crippen molar-refractivity contribution >= 4 is 35.4 Å². The van der Waals surface area contributed by atoms with E-state index in [1.165, 1.54) is 22.8 Å². The minimum absolute atomic E-state index is 0.102. The first-order valence-electron chi connectivity index (χ1n) is 11.1. The maximum atomic E-state index is 12.7. The predicted molar refractivity (Wildman–Crippen MR) is 127 cm³/mol. The summed E-state index contributed by atoms with van der Waals surface area (Å²) in [7, 11) is 2.83. The minimum atomic E-state index is -1.04. The quantitative estimate of drug-likeness (QED) is 0.417. The number of piperidine rings is 1. The molecule has 2 amide bonds. The van der Waals surface area contributed by atoms with Crippen LogP contribution in [0.5, 0.6) is 0 Å². The third-order valence-electron chi connectivity index (χ3n) is 5.46. The molecular weight excluding hydrogens is 466 g/mol. The summed E-state index contributed by atoms with van der Waals surface area (Å²) < 4.78 is 11.4. The molecule has 12 heteroatoms. The second-order valence-electron chi connectivity index (χ2n) is 9.19. The predicted octanol–water partition coefficient (Wildman–Crippen LogP) is 1.13. The monoisotopic (exact) mass is 499 g/mol. The number of hydrogen-bond acceptors (Lipinski definition) is 8. The number of alkyl halides is 1. The Bertz CT molecular complexity index is 923. The summed E-state index contributed by atoms with van der Waals surface area (Å²) in [4.78, 5) is 52.3. The van der Waals surface area contributed by atoms with E-state index < -0.39 is 29.6 Å². The Kier molecular flexibility index (Phi) is 9.72. The molecule has 1 aliphatic rings. The molecule has 1 atom stereocenters. The highest BCUT2D eigenvalue weighted by atomic mass is 35.5. The van der Waals surface area contributed by atoms with Gasteiger partial charge in [-0.05, 0) is 45.6 Å². The molecule has 2 rings (SSSR count). The molecule has 1 aliphatic heterocycles. The van der Waals surface area contributed by atoms with Crippen LogP contribution in [-0.2, 0) is 26.1 Å². The van der Waals surface area contributed by atoms with Crippen molar-refractivity contribution in [3.8, 4) is 0 Å². The van der Waals surface area contributed by atoms with Crippen molar-refractivity contribution in [2.45, 2.75) is 45.3 Å². The smallest absolute Gasteiger partial charge is 0.407 e. The van der Waals surface area contributed by atoms with Crippen LogP contribution in [0.25, 0.3) is 0 Å². The number of methoxy groups -OCH3 is 1. The van der Waals surface area contributed by atoms with E-state index in [1.807, 2.05) is 0 Å². The molecule has 0 radical (unpaired) electrons. The average Bonchev–Trinajstić information content (AvgIpc) is 2.78. The molecule has 190 valence electrons. The number of carbonyl (C=O) groups is 3. The normalized spacial score (nSPS) is 15.4. The van der Waals surface area contributed by atoms with Gasteiger partial charge in [0.05, 0.1) is 13.7 Å². The molecule has 0 aromatic carbocycles. The number of aromatic nitrogens is 2. The summed E-state index contributed by atoms with van der Waals surface area (Å²) in [6.07, 6.45) is 0.784. The minimum Gasteiger partial charge on any atom is -0.467 e. The van der Waals surface area contributed by atoms with Gasteiger partial charge in [-0.1, -0.05) is 0 Å². The first-order valence-corrected chi connectivity index (χ1v) is 11.7. The Morgan fingerprint density at radius 3 is 2.44 bits per heavy atom. The molecule has 34 heavy (non-hydrogen) atoms. The van der Waals surface area contributed by atoms with Gasteiger partial charge in [0.25, 0.3) is 5.56 Å². The van der Waals surface area contributed by atoms with E-state index in [-0.39, 0.29) is 30.4 Å². The molecule has 1 aromatic heterocycles. The molecule has 2 heterocycles. The van der Waals surface area contributed by atoms with Crippen molar-refractivity contribution in [2.24, 2.45) is 13.0 Å².